The summed E-state index contributed by atoms with van der Waals surface area (Å²) in [5.41, 5.74) is 4.01. The Kier molecular flexibility index (Phi) is 6.30. The molecule has 0 aromatic heterocycles. The molecule has 100 valence electrons. The molecule has 0 spiro atoms. The average Bonchev–Trinajstić information content (AvgIpc) is 2.36. The number of nitrogens with zero attached hydrogens (tertiary/aromatic N) is 2. The van der Waals surface area contributed by atoms with E-state index in [1.165, 1.54) is 0 Å². The van der Waals surface area contributed by atoms with Gasteiger partial charge in [0.05, 0.1) is 5.71 Å². The maximum atomic E-state index is 4.53. The van der Waals surface area contributed by atoms with E-state index in [0.29, 0.717) is 0 Å². The van der Waals surface area contributed by atoms with Crippen LogP contribution in [-0.4, -0.2) is 11.9 Å². The summed E-state index contributed by atoms with van der Waals surface area (Å²) < 4.78 is 0. The Balaban J connectivity index is 3.10. The highest BCUT2D eigenvalue weighted by Crippen LogP contribution is 2.15. The third-order valence-corrected chi connectivity index (χ3v) is 2.59. The van der Waals surface area contributed by atoms with E-state index in [0.717, 1.165) is 27.5 Å². The van der Waals surface area contributed by atoms with Gasteiger partial charge in [0, 0.05) is 23.7 Å². The molecule has 0 aromatic carbocycles. The highest BCUT2D eigenvalue weighted by atomic mass is 32.1. The van der Waals surface area contributed by atoms with E-state index in [4.69, 9.17) is 0 Å². The maximum Gasteiger partial charge on any atom is 0.0720 e. The summed E-state index contributed by atoms with van der Waals surface area (Å²) in [6, 6.07) is 0. The average molecular weight is 272 g/mol. The molecule has 0 saturated heterocycles. The molecule has 0 fully saturated rings. The monoisotopic (exact) mass is 272 g/mol. The van der Waals surface area contributed by atoms with Crippen LogP contribution >= 0.6 is 12.6 Å². The van der Waals surface area contributed by atoms with Crippen molar-refractivity contribution in [2.45, 2.75) is 27.7 Å². The summed E-state index contributed by atoms with van der Waals surface area (Å²) in [5, 5.41) is 0. The molecule has 19 heavy (non-hydrogen) atoms. The predicted molar refractivity (Wildman–Crippen MR) is 89.1 cm³/mol. The van der Waals surface area contributed by atoms with Crippen LogP contribution in [0.2, 0.25) is 0 Å². The zero-order valence-electron chi connectivity index (χ0n) is 11.9. The first-order chi connectivity index (χ1) is 9.04. The van der Waals surface area contributed by atoms with E-state index < -0.39 is 0 Å². The Labute approximate surface area is 121 Å². The second kappa shape index (κ2) is 7.74. The van der Waals surface area contributed by atoms with Crippen molar-refractivity contribution in [2.75, 3.05) is 0 Å². The molecule has 1 aliphatic carbocycles. The SMILES string of the molecule is C\C=N/C(C)=C1\C=CC=C\C1=N\C=C(C)\C=C(/C)S. The lowest BCUT2D eigenvalue weighted by Gasteiger charge is -2.07. The van der Waals surface area contributed by atoms with Crippen molar-refractivity contribution in [2.24, 2.45) is 9.98 Å². The van der Waals surface area contributed by atoms with Gasteiger partial charge in [0.25, 0.3) is 0 Å². The van der Waals surface area contributed by atoms with Crippen molar-refractivity contribution in [3.05, 3.63) is 58.3 Å². The highest BCUT2D eigenvalue weighted by Gasteiger charge is 2.06. The Hall–Kier alpha value is -1.61. The van der Waals surface area contributed by atoms with Gasteiger partial charge in [-0.25, -0.2) is 0 Å². The molecule has 0 unspecified atom stereocenters. The van der Waals surface area contributed by atoms with Gasteiger partial charge in [-0.05, 0) is 50.3 Å². The summed E-state index contributed by atoms with van der Waals surface area (Å²) in [5.74, 6) is 0. The van der Waals surface area contributed by atoms with Crippen LogP contribution in [0.25, 0.3) is 0 Å². The zero-order valence-corrected chi connectivity index (χ0v) is 12.8. The number of thiol groups is 1. The molecule has 0 aromatic rings. The standard InChI is InChI=1S/C16H20N2S/c1-5-17-14(4)15-8-6-7-9-16(15)18-11-12(2)10-13(3)19/h5-11,19H,1-4H3/b12-11+,13-10+,15-14+,17-5-,18-16-. The quantitative estimate of drug-likeness (QED) is 0.439. The van der Waals surface area contributed by atoms with Gasteiger partial charge < -0.3 is 0 Å². The van der Waals surface area contributed by atoms with Crippen LogP contribution in [0.1, 0.15) is 27.7 Å². The van der Waals surface area contributed by atoms with Crippen LogP contribution in [0.3, 0.4) is 0 Å². The third kappa shape index (κ3) is 5.26. The summed E-state index contributed by atoms with van der Waals surface area (Å²) in [4.78, 5) is 9.81. The first-order valence-corrected chi connectivity index (χ1v) is 6.66. The van der Waals surface area contributed by atoms with E-state index in [-0.39, 0.29) is 0 Å². The number of aliphatic imine (C=N–C) groups is 2. The maximum absolute atomic E-state index is 4.53. The largest absolute Gasteiger partial charge is 0.266 e. The minimum atomic E-state index is 0.926. The van der Waals surface area contributed by atoms with E-state index in [9.17, 15) is 0 Å². The van der Waals surface area contributed by atoms with Crippen molar-refractivity contribution in [3.8, 4) is 0 Å². The van der Waals surface area contributed by atoms with Crippen molar-refractivity contribution in [1.29, 1.82) is 0 Å². The fraction of sp³-hybridized carbons (Fsp3) is 0.250. The van der Waals surface area contributed by atoms with Crippen LogP contribution < -0.4 is 0 Å². The Morgan fingerprint density at radius 1 is 1.16 bits per heavy atom. The van der Waals surface area contributed by atoms with Gasteiger partial charge in [-0.2, -0.15) is 0 Å². The molecule has 2 nitrogen and oxygen atoms in total. The molecular weight excluding hydrogens is 252 g/mol. The van der Waals surface area contributed by atoms with Crippen molar-refractivity contribution in [3.63, 3.8) is 0 Å². The molecule has 0 radical (unpaired) electrons. The first kappa shape index (κ1) is 15.4. The number of rotatable bonds is 3. The van der Waals surface area contributed by atoms with Gasteiger partial charge in [-0.3, -0.25) is 9.98 Å². The smallest absolute Gasteiger partial charge is 0.0720 e. The number of hydrogen-bond donors (Lipinski definition) is 1. The minimum Gasteiger partial charge on any atom is -0.266 e. The van der Waals surface area contributed by atoms with Crippen LogP contribution in [0.5, 0.6) is 0 Å². The lowest BCUT2D eigenvalue weighted by atomic mass is 10.0. The predicted octanol–water partition coefficient (Wildman–Crippen LogP) is 4.66. The minimum absolute atomic E-state index is 0.926. The topological polar surface area (TPSA) is 24.7 Å². The van der Waals surface area contributed by atoms with E-state index >= 15 is 0 Å². The first-order valence-electron chi connectivity index (χ1n) is 6.21. The fourth-order valence-electron chi connectivity index (χ4n) is 1.69. The molecule has 0 saturated carbocycles. The second-order valence-corrected chi connectivity index (χ2v) is 4.98. The molecule has 0 aliphatic heterocycles. The molecule has 0 N–H and O–H groups in total. The molecule has 1 aliphatic rings. The molecule has 0 heterocycles. The van der Waals surface area contributed by atoms with Gasteiger partial charge in [0.15, 0.2) is 0 Å². The fourth-order valence-corrected chi connectivity index (χ4v) is 1.90. The lowest BCUT2D eigenvalue weighted by Crippen LogP contribution is -2.02. The summed E-state index contributed by atoms with van der Waals surface area (Å²) in [7, 11) is 0. The Morgan fingerprint density at radius 3 is 2.47 bits per heavy atom. The molecule has 1 rings (SSSR count). The van der Waals surface area contributed by atoms with E-state index in [1.54, 1.807) is 6.21 Å². The van der Waals surface area contributed by atoms with Gasteiger partial charge in [-0.1, -0.05) is 18.2 Å². The summed E-state index contributed by atoms with van der Waals surface area (Å²) >= 11 is 4.25. The van der Waals surface area contributed by atoms with Crippen molar-refractivity contribution in [1.82, 2.24) is 0 Å². The van der Waals surface area contributed by atoms with Crippen molar-refractivity contribution < 1.29 is 0 Å². The van der Waals surface area contributed by atoms with Crippen LogP contribution in [-0.2, 0) is 0 Å². The molecule has 3 heteroatoms. The van der Waals surface area contributed by atoms with Crippen LogP contribution in [0.15, 0.2) is 68.3 Å². The Bertz CT molecular complexity index is 537. The molecule has 0 bridgehead atoms. The molecular formula is C16H20N2S. The van der Waals surface area contributed by atoms with Gasteiger partial charge >= 0.3 is 0 Å². The molecule has 0 atom stereocenters. The third-order valence-electron chi connectivity index (χ3n) is 2.46. The van der Waals surface area contributed by atoms with E-state index in [1.807, 2.05) is 64.3 Å². The van der Waals surface area contributed by atoms with Crippen molar-refractivity contribution >= 4 is 24.6 Å². The Morgan fingerprint density at radius 2 is 1.84 bits per heavy atom. The highest BCUT2D eigenvalue weighted by molar-refractivity contribution is 7.84. The zero-order chi connectivity index (χ0) is 14.3. The number of allylic oxidation sites excluding steroid dienone is 9. The number of hydrogen-bond acceptors (Lipinski definition) is 3. The summed E-state index contributed by atoms with van der Waals surface area (Å²) in [6.45, 7) is 7.85. The second-order valence-electron chi connectivity index (χ2n) is 4.28. The lowest BCUT2D eigenvalue weighted by molar-refractivity contribution is 1.28. The van der Waals surface area contributed by atoms with Crippen LogP contribution in [0.4, 0.5) is 0 Å². The van der Waals surface area contributed by atoms with Gasteiger partial charge in [0.2, 0.25) is 0 Å². The molecule has 0 amide bonds. The summed E-state index contributed by atoms with van der Waals surface area (Å²) in [6.07, 6.45) is 13.6. The normalized spacial score (nSPS) is 21.6. The van der Waals surface area contributed by atoms with Crippen LogP contribution in [0, 0.1) is 0 Å². The van der Waals surface area contributed by atoms with Gasteiger partial charge in [0.1, 0.15) is 0 Å². The van der Waals surface area contributed by atoms with Gasteiger partial charge in [-0.15, -0.1) is 12.6 Å². The van der Waals surface area contributed by atoms with E-state index in [2.05, 4.69) is 22.6 Å².